The lowest BCUT2D eigenvalue weighted by atomic mass is 10.2. The Balaban J connectivity index is 1.55. The minimum atomic E-state index is -0.539. The number of anilines is 1. The average molecular weight is 379 g/mol. The van der Waals surface area contributed by atoms with Crippen molar-refractivity contribution >= 4 is 32.8 Å². The van der Waals surface area contributed by atoms with Gasteiger partial charge in [0.1, 0.15) is 18.0 Å². The number of aromatic nitrogens is 1. The summed E-state index contributed by atoms with van der Waals surface area (Å²) in [7, 11) is 0. The summed E-state index contributed by atoms with van der Waals surface area (Å²) in [6, 6.07) is 5.78. The number of hydrogen-bond donors (Lipinski definition) is 1. The minimum Gasteiger partial charge on any atom is -0.492 e. The van der Waals surface area contributed by atoms with E-state index in [0.29, 0.717) is 11.7 Å². The molecule has 1 aromatic carbocycles. The first-order valence-electron chi connectivity index (χ1n) is 8.72. The molecule has 1 aliphatic heterocycles. The van der Waals surface area contributed by atoms with E-state index in [1.807, 2.05) is 39.0 Å². The van der Waals surface area contributed by atoms with E-state index in [0.717, 1.165) is 48.8 Å². The zero-order chi connectivity index (χ0) is 18.6. The predicted octanol–water partition coefficient (Wildman–Crippen LogP) is 3.35. The van der Waals surface area contributed by atoms with Gasteiger partial charge in [-0.25, -0.2) is 9.78 Å². The quantitative estimate of drug-likeness (QED) is 0.859. The summed E-state index contributed by atoms with van der Waals surface area (Å²) in [4.78, 5) is 18.6. The Kier molecular flexibility index (Phi) is 5.95. The molecule has 0 unspecified atom stereocenters. The molecule has 1 N–H and O–H groups in total. The third-order valence-electron chi connectivity index (χ3n) is 3.75. The summed E-state index contributed by atoms with van der Waals surface area (Å²) in [5.41, 5.74) is 0.257. The number of amides is 1. The molecular formula is C18H25N3O4S. The lowest BCUT2D eigenvalue weighted by molar-refractivity contribution is 0.0322. The molecule has 0 atom stereocenters. The Morgan fingerprint density at radius 1 is 1.35 bits per heavy atom. The van der Waals surface area contributed by atoms with Crippen LogP contribution in [0.25, 0.3) is 10.2 Å². The largest absolute Gasteiger partial charge is 0.492 e. The number of carbonyl (C=O) groups is 1. The SMILES string of the molecule is CC(C)(C)OC(=O)Nc1nc2cc(OCCN3CCOCC3)ccc2s1. The maximum Gasteiger partial charge on any atom is 0.413 e. The lowest BCUT2D eigenvalue weighted by Crippen LogP contribution is -2.38. The fourth-order valence-electron chi connectivity index (χ4n) is 2.56. The van der Waals surface area contributed by atoms with Crippen LogP contribution in [0.15, 0.2) is 18.2 Å². The summed E-state index contributed by atoms with van der Waals surface area (Å²) >= 11 is 1.41. The van der Waals surface area contributed by atoms with Crippen molar-refractivity contribution in [3.8, 4) is 5.75 Å². The van der Waals surface area contributed by atoms with Gasteiger partial charge in [0.05, 0.1) is 23.4 Å². The highest BCUT2D eigenvalue weighted by Gasteiger charge is 2.17. The predicted molar refractivity (Wildman–Crippen MR) is 102 cm³/mol. The van der Waals surface area contributed by atoms with Crippen LogP contribution in [0.2, 0.25) is 0 Å². The molecule has 0 spiro atoms. The average Bonchev–Trinajstić information content (AvgIpc) is 2.95. The molecule has 8 heteroatoms. The third-order valence-corrected chi connectivity index (χ3v) is 4.70. The van der Waals surface area contributed by atoms with Gasteiger partial charge in [-0.3, -0.25) is 10.2 Å². The molecule has 1 aliphatic rings. The van der Waals surface area contributed by atoms with Gasteiger partial charge in [-0.2, -0.15) is 0 Å². The molecule has 1 amide bonds. The van der Waals surface area contributed by atoms with Gasteiger partial charge in [0.15, 0.2) is 5.13 Å². The molecular weight excluding hydrogens is 354 g/mol. The maximum atomic E-state index is 11.9. The van der Waals surface area contributed by atoms with Crippen LogP contribution in [0.1, 0.15) is 20.8 Å². The molecule has 7 nitrogen and oxygen atoms in total. The molecule has 1 saturated heterocycles. The zero-order valence-corrected chi connectivity index (χ0v) is 16.2. The number of fused-ring (bicyclic) bond motifs is 1. The van der Waals surface area contributed by atoms with E-state index in [1.165, 1.54) is 11.3 Å². The molecule has 0 aliphatic carbocycles. The van der Waals surface area contributed by atoms with E-state index in [2.05, 4.69) is 15.2 Å². The van der Waals surface area contributed by atoms with Crippen LogP contribution in [0.4, 0.5) is 9.93 Å². The number of hydrogen-bond acceptors (Lipinski definition) is 7. The highest BCUT2D eigenvalue weighted by atomic mass is 32.1. The molecule has 142 valence electrons. The van der Waals surface area contributed by atoms with Gasteiger partial charge in [-0.15, -0.1) is 0 Å². The smallest absolute Gasteiger partial charge is 0.413 e. The first kappa shape index (κ1) is 18.9. The van der Waals surface area contributed by atoms with Crippen LogP contribution in [0, 0.1) is 0 Å². The first-order valence-corrected chi connectivity index (χ1v) is 9.54. The summed E-state index contributed by atoms with van der Waals surface area (Å²) in [6.07, 6.45) is -0.501. The Labute approximate surface area is 157 Å². The van der Waals surface area contributed by atoms with Crippen molar-refractivity contribution in [1.29, 1.82) is 0 Å². The molecule has 0 saturated carbocycles. The van der Waals surface area contributed by atoms with Crippen molar-refractivity contribution in [3.63, 3.8) is 0 Å². The number of nitrogens with one attached hydrogen (secondary N) is 1. The number of nitrogens with zero attached hydrogens (tertiary/aromatic N) is 2. The second-order valence-corrected chi connectivity index (χ2v) is 8.11. The second-order valence-electron chi connectivity index (χ2n) is 7.08. The van der Waals surface area contributed by atoms with Crippen molar-refractivity contribution in [2.75, 3.05) is 44.8 Å². The first-order chi connectivity index (χ1) is 12.4. The van der Waals surface area contributed by atoms with Gasteiger partial charge in [0.2, 0.25) is 0 Å². The van der Waals surface area contributed by atoms with Crippen LogP contribution in [-0.2, 0) is 9.47 Å². The molecule has 0 bridgehead atoms. The molecule has 3 rings (SSSR count). The standard InChI is InChI=1S/C18H25N3O4S/c1-18(2,3)25-17(22)20-16-19-14-12-13(4-5-15(14)26-16)24-11-8-21-6-9-23-10-7-21/h4-5,12H,6-11H2,1-3H3,(H,19,20,22). The molecule has 26 heavy (non-hydrogen) atoms. The van der Waals surface area contributed by atoms with Gasteiger partial charge in [-0.05, 0) is 32.9 Å². The van der Waals surface area contributed by atoms with Gasteiger partial charge >= 0.3 is 6.09 Å². The molecule has 0 radical (unpaired) electrons. The number of carbonyl (C=O) groups excluding carboxylic acids is 1. The Bertz CT molecular complexity index is 750. The van der Waals surface area contributed by atoms with Crippen molar-refractivity contribution in [3.05, 3.63) is 18.2 Å². The second kappa shape index (κ2) is 8.20. The van der Waals surface area contributed by atoms with E-state index >= 15 is 0 Å². The van der Waals surface area contributed by atoms with Gasteiger partial charge in [-0.1, -0.05) is 11.3 Å². The van der Waals surface area contributed by atoms with Crippen LogP contribution < -0.4 is 10.1 Å². The van der Waals surface area contributed by atoms with Crippen LogP contribution in [0.5, 0.6) is 5.75 Å². The van der Waals surface area contributed by atoms with E-state index in [9.17, 15) is 4.79 Å². The van der Waals surface area contributed by atoms with Crippen LogP contribution >= 0.6 is 11.3 Å². The number of benzene rings is 1. The number of ether oxygens (including phenoxy) is 3. The Morgan fingerprint density at radius 3 is 2.85 bits per heavy atom. The molecule has 1 fully saturated rings. The number of rotatable bonds is 5. The summed E-state index contributed by atoms with van der Waals surface area (Å²) in [5.74, 6) is 0.778. The molecule has 2 aromatic rings. The maximum absolute atomic E-state index is 11.9. The summed E-state index contributed by atoms with van der Waals surface area (Å²) < 4.78 is 17.4. The van der Waals surface area contributed by atoms with E-state index in [4.69, 9.17) is 14.2 Å². The monoisotopic (exact) mass is 379 g/mol. The minimum absolute atomic E-state index is 0.501. The van der Waals surface area contributed by atoms with Crippen molar-refractivity contribution in [2.45, 2.75) is 26.4 Å². The number of morpholine rings is 1. The van der Waals surface area contributed by atoms with Gasteiger partial charge in [0.25, 0.3) is 0 Å². The van der Waals surface area contributed by atoms with Crippen molar-refractivity contribution < 1.29 is 19.0 Å². The van der Waals surface area contributed by atoms with Crippen LogP contribution in [-0.4, -0.2) is 61.0 Å². The van der Waals surface area contributed by atoms with Gasteiger partial charge in [0, 0.05) is 25.7 Å². The Morgan fingerprint density at radius 2 is 2.12 bits per heavy atom. The van der Waals surface area contributed by atoms with E-state index < -0.39 is 11.7 Å². The number of thiazole rings is 1. The topological polar surface area (TPSA) is 72.9 Å². The van der Waals surface area contributed by atoms with E-state index in [1.54, 1.807) is 0 Å². The van der Waals surface area contributed by atoms with Crippen molar-refractivity contribution in [2.24, 2.45) is 0 Å². The molecule has 2 heterocycles. The highest BCUT2D eigenvalue weighted by molar-refractivity contribution is 7.22. The summed E-state index contributed by atoms with van der Waals surface area (Å²) in [6.45, 7) is 10.5. The van der Waals surface area contributed by atoms with E-state index in [-0.39, 0.29) is 0 Å². The van der Waals surface area contributed by atoms with Gasteiger partial charge < -0.3 is 14.2 Å². The fourth-order valence-corrected chi connectivity index (χ4v) is 3.39. The normalized spacial score (nSPS) is 15.8. The Hall–Kier alpha value is -1.90. The lowest BCUT2D eigenvalue weighted by Gasteiger charge is -2.26. The highest BCUT2D eigenvalue weighted by Crippen LogP contribution is 2.29. The van der Waals surface area contributed by atoms with Crippen molar-refractivity contribution in [1.82, 2.24) is 9.88 Å². The zero-order valence-electron chi connectivity index (χ0n) is 15.4. The van der Waals surface area contributed by atoms with Crippen LogP contribution in [0.3, 0.4) is 0 Å². The third kappa shape index (κ3) is 5.55. The fraction of sp³-hybridized carbons (Fsp3) is 0.556. The summed E-state index contributed by atoms with van der Waals surface area (Å²) in [5, 5.41) is 3.19. The molecule has 1 aromatic heterocycles.